The topological polar surface area (TPSA) is 82.3 Å². The van der Waals surface area contributed by atoms with Gasteiger partial charge in [0, 0.05) is 30.6 Å². The molecule has 1 aliphatic rings. The van der Waals surface area contributed by atoms with E-state index in [4.69, 9.17) is 0 Å². The average Bonchev–Trinajstić information content (AvgIpc) is 3.19. The standard InChI is InChI=1S/C20H17N3O3/c1-21-18(24)17(10-12-11-22-16-9-5-4-6-13(12)16)23-19(25)14-7-2-3-8-15(14)20(23)26/h2-9,11,17,22H,10H2,1H3,(H,21,24). The number of carbonyl (C=O) groups excluding carboxylic acids is 3. The van der Waals surface area contributed by atoms with E-state index >= 15 is 0 Å². The molecular formula is C20H17N3O3. The first-order valence-corrected chi connectivity index (χ1v) is 8.35. The minimum atomic E-state index is -0.911. The summed E-state index contributed by atoms with van der Waals surface area (Å²) < 4.78 is 0. The van der Waals surface area contributed by atoms with Gasteiger partial charge >= 0.3 is 0 Å². The van der Waals surface area contributed by atoms with Crippen LogP contribution in [0.5, 0.6) is 0 Å². The van der Waals surface area contributed by atoms with Gasteiger partial charge in [0.05, 0.1) is 11.1 Å². The average molecular weight is 347 g/mol. The lowest BCUT2D eigenvalue weighted by Gasteiger charge is -2.24. The van der Waals surface area contributed by atoms with Crippen molar-refractivity contribution >= 4 is 28.6 Å². The van der Waals surface area contributed by atoms with Crippen LogP contribution in [0.2, 0.25) is 0 Å². The van der Waals surface area contributed by atoms with Crippen molar-refractivity contribution < 1.29 is 14.4 Å². The largest absolute Gasteiger partial charge is 0.361 e. The van der Waals surface area contributed by atoms with E-state index in [1.165, 1.54) is 7.05 Å². The van der Waals surface area contributed by atoms with Crippen LogP contribution in [-0.2, 0) is 11.2 Å². The molecule has 1 atom stereocenters. The van der Waals surface area contributed by atoms with Crippen LogP contribution in [0.4, 0.5) is 0 Å². The number of amides is 3. The van der Waals surface area contributed by atoms with Gasteiger partial charge in [-0.3, -0.25) is 19.3 Å². The predicted octanol–water partition coefficient (Wildman–Crippen LogP) is 2.12. The number of hydrogen-bond donors (Lipinski definition) is 2. The first-order chi connectivity index (χ1) is 12.6. The fourth-order valence-corrected chi connectivity index (χ4v) is 3.47. The van der Waals surface area contributed by atoms with E-state index in [9.17, 15) is 14.4 Å². The zero-order valence-corrected chi connectivity index (χ0v) is 14.2. The number of imide groups is 1. The number of nitrogens with one attached hydrogen (secondary N) is 2. The zero-order valence-electron chi connectivity index (χ0n) is 14.2. The lowest BCUT2D eigenvalue weighted by Crippen LogP contribution is -2.50. The summed E-state index contributed by atoms with van der Waals surface area (Å²) in [7, 11) is 1.50. The molecule has 2 aromatic carbocycles. The fourth-order valence-electron chi connectivity index (χ4n) is 3.47. The van der Waals surface area contributed by atoms with Crippen LogP contribution < -0.4 is 5.32 Å². The Hall–Kier alpha value is -3.41. The Balaban J connectivity index is 1.74. The second-order valence-corrected chi connectivity index (χ2v) is 6.22. The third kappa shape index (κ3) is 2.38. The zero-order chi connectivity index (χ0) is 18.3. The van der Waals surface area contributed by atoms with Gasteiger partial charge in [0.2, 0.25) is 5.91 Å². The molecule has 2 N–H and O–H groups in total. The van der Waals surface area contributed by atoms with Crippen molar-refractivity contribution in [3.63, 3.8) is 0 Å². The highest BCUT2D eigenvalue weighted by Gasteiger charge is 2.42. The number of aromatic amines is 1. The summed E-state index contributed by atoms with van der Waals surface area (Å²) in [6, 6.07) is 13.5. The van der Waals surface area contributed by atoms with Crippen LogP contribution in [0.15, 0.2) is 54.7 Å². The molecule has 26 heavy (non-hydrogen) atoms. The molecular weight excluding hydrogens is 330 g/mol. The summed E-state index contributed by atoms with van der Waals surface area (Å²) in [6.07, 6.45) is 2.06. The molecule has 4 rings (SSSR count). The lowest BCUT2D eigenvalue weighted by atomic mass is 10.0. The Morgan fingerprint density at radius 3 is 2.31 bits per heavy atom. The number of likely N-dealkylation sites (N-methyl/N-ethyl adjacent to an activating group) is 1. The van der Waals surface area contributed by atoms with Crippen molar-refractivity contribution in [2.24, 2.45) is 0 Å². The molecule has 0 spiro atoms. The Morgan fingerprint density at radius 2 is 1.65 bits per heavy atom. The molecule has 0 bridgehead atoms. The van der Waals surface area contributed by atoms with Crippen LogP contribution in [0.3, 0.4) is 0 Å². The molecule has 3 amide bonds. The molecule has 1 unspecified atom stereocenters. The van der Waals surface area contributed by atoms with E-state index in [2.05, 4.69) is 10.3 Å². The first kappa shape index (κ1) is 16.1. The number of aromatic nitrogens is 1. The summed E-state index contributed by atoms with van der Waals surface area (Å²) in [5, 5.41) is 3.55. The van der Waals surface area contributed by atoms with Crippen molar-refractivity contribution in [3.05, 3.63) is 71.4 Å². The van der Waals surface area contributed by atoms with Crippen LogP contribution in [0.25, 0.3) is 10.9 Å². The normalized spacial score (nSPS) is 14.6. The van der Waals surface area contributed by atoms with E-state index in [1.54, 1.807) is 24.3 Å². The molecule has 2 heterocycles. The molecule has 0 saturated carbocycles. The van der Waals surface area contributed by atoms with Crippen molar-refractivity contribution in [2.75, 3.05) is 7.05 Å². The van der Waals surface area contributed by atoms with E-state index in [-0.39, 0.29) is 12.3 Å². The second-order valence-electron chi connectivity index (χ2n) is 6.22. The molecule has 130 valence electrons. The van der Waals surface area contributed by atoms with Crippen LogP contribution in [0.1, 0.15) is 26.3 Å². The van der Waals surface area contributed by atoms with Gasteiger partial charge in [0.1, 0.15) is 6.04 Å². The molecule has 1 aliphatic heterocycles. The molecule has 0 saturated heterocycles. The van der Waals surface area contributed by atoms with Gasteiger partial charge in [-0.25, -0.2) is 0 Å². The van der Waals surface area contributed by atoms with E-state index in [0.29, 0.717) is 11.1 Å². The Kier molecular flexibility index (Phi) is 3.80. The quantitative estimate of drug-likeness (QED) is 0.709. The van der Waals surface area contributed by atoms with Gasteiger partial charge in [-0.05, 0) is 23.8 Å². The van der Waals surface area contributed by atoms with Crippen molar-refractivity contribution in [1.82, 2.24) is 15.2 Å². The predicted molar refractivity (Wildman–Crippen MR) is 96.8 cm³/mol. The lowest BCUT2D eigenvalue weighted by molar-refractivity contribution is -0.124. The molecule has 0 fully saturated rings. The van der Waals surface area contributed by atoms with Crippen LogP contribution >= 0.6 is 0 Å². The number of H-pyrrole nitrogens is 1. The number of nitrogens with zero attached hydrogens (tertiary/aromatic N) is 1. The van der Waals surface area contributed by atoms with Crippen molar-refractivity contribution in [2.45, 2.75) is 12.5 Å². The van der Waals surface area contributed by atoms with E-state index < -0.39 is 17.9 Å². The Bertz CT molecular complexity index is 1000. The molecule has 1 aromatic heterocycles. The maximum Gasteiger partial charge on any atom is 0.262 e. The smallest absolute Gasteiger partial charge is 0.262 e. The third-order valence-electron chi connectivity index (χ3n) is 4.77. The number of rotatable bonds is 4. The van der Waals surface area contributed by atoms with Gasteiger partial charge < -0.3 is 10.3 Å². The van der Waals surface area contributed by atoms with Gasteiger partial charge in [-0.15, -0.1) is 0 Å². The van der Waals surface area contributed by atoms with Crippen molar-refractivity contribution in [3.8, 4) is 0 Å². The first-order valence-electron chi connectivity index (χ1n) is 8.35. The van der Waals surface area contributed by atoms with Gasteiger partial charge in [0.15, 0.2) is 0 Å². The number of hydrogen-bond acceptors (Lipinski definition) is 3. The summed E-state index contributed by atoms with van der Waals surface area (Å²) >= 11 is 0. The van der Waals surface area contributed by atoms with Gasteiger partial charge in [-0.2, -0.15) is 0 Å². The summed E-state index contributed by atoms with van der Waals surface area (Å²) in [4.78, 5) is 42.3. The highest BCUT2D eigenvalue weighted by Crippen LogP contribution is 2.27. The van der Waals surface area contributed by atoms with Crippen molar-refractivity contribution in [1.29, 1.82) is 0 Å². The maximum absolute atomic E-state index is 12.8. The number of benzene rings is 2. The molecule has 0 aliphatic carbocycles. The van der Waals surface area contributed by atoms with Gasteiger partial charge in [-0.1, -0.05) is 30.3 Å². The van der Waals surface area contributed by atoms with E-state index in [1.807, 2.05) is 30.5 Å². The second kappa shape index (κ2) is 6.15. The molecule has 6 heteroatoms. The summed E-state index contributed by atoms with van der Waals surface area (Å²) in [5.74, 6) is -1.23. The highest BCUT2D eigenvalue weighted by molar-refractivity contribution is 6.22. The Labute approximate surface area is 149 Å². The highest BCUT2D eigenvalue weighted by atomic mass is 16.2. The summed E-state index contributed by atoms with van der Waals surface area (Å²) in [5.41, 5.74) is 2.50. The molecule has 3 aromatic rings. The maximum atomic E-state index is 12.8. The third-order valence-corrected chi connectivity index (χ3v) is 4.77. The number of fused-ring (bicyclic) bond motifs is 2. The monoisotopic (exact) mass is 347 g/mol. The number of carbonyl (C=O) groups is 3. The van der Waals surface area contributed by atoms with Gasteiger partial charge in [0.25, 0.3) is 11.8 Å². The molecule has 0 radical (unpaired) electrons. The minimum Gasteiger partial charge on any atom is -0.361 e. The van der Waals surface area contributed by atoms with E-state index in [0.717, 1.165) is 21.4 Å². The Morgan fingerprint density at radius 1 is 1.04 bits per heavy atom. The van der Waals surface area contributed by atoms with Crippen LogP contribution in [-0.4, -0.2) is 40.7 Å². The minimum absolute atomic E-state index is 0.245. The summed E-state index contributed by atoms with van der Waals surface area (Å²) in [6.45, 7) is 0. The fraction of sp³-hybridized carbons (Fsp3) is 0.150. The van der Waals surface area contributed by atoms with Crippen LogP contribution in [0, 0.1) is 0 Å². The molecule has 6 nitrogen and oxygen atoms in total. The number of para-hydroxylation sites is 1. The SMILES string of the molecule is CNC(=O)C(Cc1c[nH]c2ccccc12)N1C(=O)c2ccccc2C1=O.